The van der Waals surface area contributed by atoms with Gasteiger partial charge in [0.05, 0.1) is 30.1 Å². The van der Waals surface area contributed by atoms with Crippen LogP contribution in [0.5, 0.6) is 17.2 Å². The molecule has 9 nitrogen and oxygen atoms in total. The molecule has 0 aliphatic carbocycles. The van der Waals surface area contributed by atoms with Gasteiger partial charge in [0.1, 0.15) is 17.2 Å². The molecule has 0 saturated heterocycles. The number of hydrogen-bond acceptors (Lipinski definition) is 9. The molecule has 0 aliphatic heterocycles. The maximum atomic E-state index is 14.0. The molecule has 0 heterocycles. The zero-order chi connectivity index (χ0) is 35.6. The Bertz CT molecular complexity index is 1690. The third-order valence-corrected chi connectivity index (χ3v) is 11.2. The number of halogens is 6. The molecule has 0 spiro atoms. The monoisotopic (exact) mass is 1030 g/mol. The molecular formula is C33H27Br6N3O6. The van der Waals surface area contributed by atoms with Crippen LogP contribution in [-0.4, -0.2) is 60.2 Å². The zero-order valence-electron chi connectivity index (χ0n) is 26.3. The van der Waals surface area contributed by atoms with Crippen molar-refractivity contribution in [3.8, 4) is 17.2 Å². The smallest absolute Gasteiger partial charge is 0.345 e. The van der Waals surface area contributed by atoms with Crippen molar-refractivity contribution in [3.05, 3.63) is 98.1 Å². The number of rotatable bonds is 9. The fourth-order valence-corrected chi connectivity index (χ4v) is 8.14. The summed E-state index contributed by atoms with van der Waals surface area (Å²) in [7, 11) is 11.1. The molecular weight excluding hydrogens is 1010 g/mol. The summed E-state index contributed by atoms with van der Waals surface area (Å²) in [4.78, 5) is 47.4. The molecule has 0 fully saturated rings. The number of anilines is 3. The lowest BCUT2D eigenvalue weighted by molar-refractivity contribution is 0.0729. The first-order valence-electron chi connectivity index (χ1n) is 13.8. The van der Waals surface area contributed by atoms with E-state index in [2.05, 4.69) is 95.6 Å². The molecule has 0 amide bonds. The molecule has 0 aromatic heterocycles. The van der Waals surface area contributed by atoms with Crippen molar-refractivity contribution in [2.45, 2.75) is 0 Å². The van der Waals surface area contributed by atoms with Crippen LogP contribution in [0.3, 0.4) is 0 Å². The van der Waals surface area contributed by atoms with Crippen LogP contribution in [0.2, 0.25) is 0 Å². The highest BCUT2D eigenvalue weighted by Crippen LogP contribution is 2.42. The Morgan fingerprint density at radius 1 is 0.438 bits per heavy atom. The minimum Gasteiger partial charge on any atom is -0.422 e. The third-order valence-electron chi connectivity index (χ3n) is 6.83. The van der Waals surface area contributed by atoms with Crippen LogP contribution in [0.4, 0.5) is 17.1 Å². The van der Waals surface area contributed by atoms with Gasteiger partial charge in [0.25, 0.3) is 0 Å². The van der Waals surface area contributed by atoms with Gasteiger partial charge in [-0.25, -0.2) is 14.4 Å². The van der Waals surface area contributed by atoms with Crippen molar-refractivity contribution in [1.82, 2.24) is 0 Å². The van der Waals surface area contributed by atoms with Gasteiger partial charge in [-0.05, 0) is 132 Å². The van der Waals surface area contributed by atoms with Gasteiger partial charge in [0, 0.05) is 91.0 Å². The molecule has 0 bridgehead atoms. The number of carbonyl (C=O) groups excluding carboxylic acids is 3. The van der Waals surface area contributed by atoms with E-state index in [0.29, 0.717) is 13.4 Å². The summed E-state index contributed by atoms with van der Waals surface area (Å²) in [6, 6.07) is 15.8. The van der Waals surface area contributed by atoms with Crippen molar-refractivity contribution >= 4 is 131 Å². The van der Waals surface area contributed by atoms with Crippen molar-refractivity contribution in [2.24, 2.45) is 0 Å². The zero-order valence-corrected chi connectivity index (χ0v) is 35.8. The van der Waals surface area contributed by atoms with Gasteiger partial charge in [-0.2, -0.15) is 0 Å². The predicted molar refractivity (Wildman–Crippen MR) is 210 cm³/mol. The Balaban J connectivity index is 1.88. The summed E-state index contributed by atoms with van der Waals surface area (Å²) in [6.07, 6.45) is 0. The Morgan fingerprint density at radius 3 is 0.875 bits per heavy atom. The SMILES string of the molecule is CN(C)c1ccc(Br)c(OC(=O)c2c(Br)c(C(=O)Oc3cc(N(C)C)ccc3Br)c(Br)c(C(=O)Oc3cc(N(C)C)ccc3Br)c2Br)c1. The van der Waals surface area contributed by atoms with Crippen molar-refractivity contribution < 1.29 is 28.6 Å². The first-order chi connectivity index (χ1) is 22.5. The number of nitrogens with zero attached hydrogens (tertiary/aromatic N) is 3. The summed E-state index contributed by atoms with van der Waals surface area (Å²) in [6.45, 7) is 0. The number of hydrogen-bond donors (Lipinski definition) is 0. The lowest BCUT2D eigenvalue weighted by Crippen LogP contribution is -2.21. The largest absolute Gasteiger partial charge is 0.422 e. The van der Waals surface area contributed by atoms with Crippen LogP contribution in [0.25, 0.3) is 0 Å². The second-order valence-electron chi connectivity index (χ2n) is 10.8. The van der Waals surface area contributed by atoms with Gasteiger partial charge in [-0.3, -0.25) is 0 Å². The maximum Gasteiger partial charge on any atom is 0.345 e. The van der Waals surface area contributed by atoms with Gasteiger partial charge < -0.3 is 28.9 Å². The average molecular weight is 1040 g/mol. The second kappa shape index (κ2) is 16.1. The van der Waals surface area contributed by atoms with Crippen molar-refractivity contribution in [1.29, 1.82) is 0 Å². The Morgan fingerprint density at radius 2 is 0.667 bits per heavy atom. The first kappa shape index (κ1) is 38.4. The number of esters is 3. The number of carbonyl (C=O) groups is 3. The van der Waals surface area contributed by atoms with E-state index in [0.717, 1.165) is 17.1 Å². The van der Waals surface area contributed by atoms with E-state index in [-0.39, 0.29) is 47.4 Å². The van der Waals surface area contributed by atoms with Gasteiger partial charge in [0.2, 0.25) is 0 Å². The summed E-state index contributed by atoms with van der Waals surface area (Å²) < 4.78 is 19.1. The molecule has 4 aromatic carbocycles. The molecule has 252 valence electrons. The number of ether oxygens (including phenoxy) is 3. The van der Waals surface area contributed by atoms with E-state index in [1.54, 1.807) is 36.4 Å². The topological polar surface area (TPSA) is 88.6 Å². The maximum absolute atomic E-state index is 14.0. The van der Waals surface area contributed by atoms with E-state index in [9.17, 15) is 14.4 Å². The van der Waals surface area contributed by atoms with E-state index >= 15 is 0 Å². The second-order valence-corrected chi connectivity index (χ2v) is 15.7. The quantitative estimate of drug-likeness (QED) is 0.120. The molecule has 0 N–H and O–H groups in total. The third kappa shape index (κ3) is 8.47. The average Bonchev–Trinajstić information content (AvgIpc) is 3.00. The van der Waals surface area contributed by atoms with Crippen LogP contribution in [0.1, 0.15) is 31.1 Å². The highest BCUT2D eigenvalue weighted by Gasteiger charge is 2.34. The molecule has 4 rings (SSSR count). The molecule has 0 radical (unpaired) electrons. The summed E-state index contributed by atoms with van der Waals surface area (Å²) in [5.41, 5.74) is 1.88. The van der Waals surface area contributed by atoms with Crippen molar-refractivity contribution in [2.75, 3.05) is 57.0 Å². The molecule has 0 atom stereocenters. The summed E-state index contributed by atoms with van der Waals surface area (Å²) in [5.74, 6) is -1.95. The van der Waals surface area contributed by atoms with E-state index in [1.807, 2.05) is 75.2 Å². The van der Waals surface area contributed by atoms with Crippen LogP contribution in [-0.2, 0) is 0 Å². The fourth-order valence-electron chi connectivity index (χ4n) is 4.20. The molecule has 0 aliphatic rings. The van der Waals surface area contributed by atoms with E-state index < -0.39 is 17.9 Å². The Labute approximate surface area is 328 Å². The normalized spacial score (nSPS) is 10.8. The highest BCUT2D eigenvalue weighted by molar-refractivity contribution is 9.12. The lowest BCUT2D eigenvalue weighted by Gasteiger charge is -2.20. The van der Waals surface area contributed by atoms with Crippen LogP contribution < -0.4 is 28.9 Å². The minimum atomic E-state index is -0.868. The Hall–Kier alpha value is -2.43. The lowest BCUT2D eigenvalue weighted by atomic mass is 10.0. The summed E-state index contributed by atoms with van der Waals surface area (Å²) in [5, 5.41) is 0. The van der Waals surface area contributed by atoms with E-state index in [1.165, 1.54) is 0 Å². The fraction of sp³-hybridized carbons (Fsp3) is 0.182. The highest BCUT2D eigenvalue weighted by atomic mass is 79.9. The van der Waals surface area contributed by atoms with Crippen molar-refractivity contribution in [3.63, 3.8) is 0 Å². The first-order valence-corrected chi connectivity index (χ1v) is 18.5. The number of benzene rings is 4. The van der Waals surface area contributed by atoms with Gasteiger partial charge >= 0.3 is 17.9 Å². The van der Waals surface area contributed by atoms with E-state index in [4.69, 9.17) is 14.2 Å². The van der Waals surface area contributed by atoms with Crippen LogP contribution in [0, 0.1) is 0 Å². The molecule has 4 aromatic rings. The van der Waals surface area contributed by atoms with Crippen LogP contribution in [0.15, 0.2) is 81.4 Å². The van der Waals surface area contributed by atoms with Gasteiger partial charge in [0.15, 0.2) is 0 Å². The van der Waals surface area contributed by atoms with Gasteiger partial charge in [-0.1, -0.05) is 0 Å². The minimum absolute atomic E-state index is 0.0170. The van der Waals surface area contributed by atoms with Gasteiger partial charge in [-0.15, -0.1) is 0 Å². The molecule has 0 unspecified atom stereocenters. The molecule has 15 heteroatoms. The molecule has 0 saturated carbocycles. The molecule has 48 heavy (non-hydrogen) atoms. The standard InChI is InChI=1S/C33H27Br6N3O6/c1-40(2)16-7-10-19(34)22(13-16)46-31(43)25-28(37)26(32(44)47-23-14-17(41(3)4)8-11-20(23)35)30(39)27(29(25)38)33(45)48-24-15-18(42(5)6)9-12-21(24)36/h7-15H,1-6H3. The Kier molecular flexibility index (Phi) is 12.8. The van der Waals surface area contributed by atoms with Crippen LogP contribution >= 0.6 is 95.6 Å². The predicted octanol–water partition coefficient (Wildman–Crippen LogP) is 10.1. The summed E-state index contributed by atoms with van der Waals surface area (Å²) >= 11 is 20.6.